The maximum absolute atomic E-state index is 12.2. The van der Waals surface area contributed by atoms with Crippen molar-refractivity contribution in [3.63, 3.8) is 0 Å². The molecule has 4 aliphatic carbocycles. The average Bonchev–Trinajstić information content (AvgIpc) is 2.82. The highest BCUT2D eigenvalue weighted by Crippen LogP contribution is 2.54. The van der Waals surface area contributed by atoms with E-state index in [0.29, 0.717) is 18.3 Å². The summed E-state index contributed by atoms with van der Waals surface area (Å²) in [6, 6.07) is 8.37. The average molecular weight is 312 g/mol. The van der Waals surface area contributed by atoms with Crippen LogP contribution in [0.3, 0.4) is 0 Å². The van der Waals surface area contributed by atoms with Gasteiger partial charge in [-0.1, -0.05) is 12.1 Å². The number of hydrogen-bond donors (Lipinski definition) is 0. The normalized spacial score (nSPS) is 35.5. The number of oxazole rings is 1. The fraction of sp³-hybridized carbons (Fsp3) is 0.632. The Bertz CT molecular complexity index is 762. The summed E-state index contributed by atoms with van der Waals surface area (Å²) < 4.78 is 7.18. The fourth-order valence-electron chi connectivity index (χ4n) is 6.08. The van der Waals surface area contributed by atoms with Gasteiger partial charge in [0.15, 0.2) is 5.58 Å². The highest BCUT2D eigenvalue weighted by molar-refractivity contribution is 5.72. The minimum absolute atomic E-state index is 0.234. The molecule has 0 N–H and O–H groups in total. The molecule has 0 saturated heterocycles. The predicted molar refractivity (Wildman–Crippen MR) is 89.1 cm³/mol. The van der Waals surface area contributed by atoms with Crippen LogP contribution < -0.4 is 5.76 Å². The van der Waals surface area contributed by atoms with E-state index in [9.17, 15) is 4.79 Å². The zero-order chi connectivity index (χ0) is 15.6. The molecule has 1 aromatic carbocycles. The molecule has 4 fully saturated rings. The van der Waals surface area contributed by atoms with Crippen molar-refractivity contribution in [2.45, 2.75) is 44.8 Å². The Morgan fingerprint density at radius 2 is 1.74 bits per heavy atom. The molecule has 0 amide bonds. The zero-order valence-corrected chi connectivity index (χ0v) is 13.6. The number of fused-ring (bicyclic) bond motifs is 1. The maximum atomic E-state index is 12.2. The predicted octanol–water partition coefficient (Wildman–Crippen LogP) is 3.31. The summed E-state index contributed by atoms with van der Waals surface area (Å²) in [5.74, 6) is 3.41. The van der Waals surface area contributed by atoms with Gasteiger partial charge in [0, 0.05) is 6.04 Å². The largest absolute Gasteiger partial charge is 0.421 e. The lowest BCUT2D eigenvalue weighted by Crippen LogP contribution is -2.55. The minimum atomic E-state index is -0.234. The SMILES string of the molecule is CN(Cn1c(=O)oc2ccccc21)C1C2CC3CC(C2)CC1C3. The Morgan fingerprint density at radius 1 is 1.09 bits per heavy atom. The van der Waals surface area contributed by atoms with Crippen molar-refractivity contribution < 1.29 is 4.42 Å². The van der Waals surface area contributed by atoms with Gasteiger partial charge in [-0.2, -0.15) is 0 Å². The number of hydrogen-bond acceptors (Lipinski definition) is 3. The Balaban J connectivity index is 1.44. The Morgan fingerprint density at radius 3 is 2.43 bits per heavy atom. The monoisotopic (exact) mass is 312 g/mol. The summed E-state index contributed by atoms with van der Waals surface area (Å²) in [6.45, 7) is 0.642. The van der Waals surface area contributed by atoms with E-state index in [1.807, 2.05) is 24.3 Å². The summed E-state index contributed by atoms with van der Waals surface area (Å²) in [7, 11) is 2.20. The third-order valence-corrected chi connectivity index (χ3v) is 6.62. The van der Waals surface area contributed by atoms with E-state index in [2.05, 4.69) is 11.9 Å². The number of rotatable bonds is 3. The summed E-state index contributed by atoms with van der Waals surface area (Å²) in [5, 5.41) is 0. The van der Waals surface area contributed by atoms with Crippen LogP contribution in [0.5, 0.6) is 0 Å². The molecule has 0 atom stereocenters. The van der Waals surface area contributed by atoms with Crippen LogP contribution in [0.15, 0.2) is 33.5 Å². The van der Waals surface area contributed by atoms with Crippen molar-refractivity contribution >= 4 is 11.1 Å². The molecular weight excluding hydrogens is 288 g/mol. The first-order valence-electron chi connectivity index (χ1n) is 8.97. The number of benzene rings is 1. The van der Waals surface area contributed by atoms with Gasteiger partial charge in [-0.15, -0.1) is 0 Å². The molecule has 2 aromatic rings. The van der Waals surface area contributed by atoms with Crippen molar-refractivity contribution in [3.8, 4) is 0 Å². The first kappa shape index (κ1) is 13.8. The second-order valence-corrected chi connectivity index (χ2v) is 8.08. The Hall–Kier alpha value is -1.55. The molecule has 4 aliphatic rings. The molecule has 4 bridgehead atoms. The van der Waals surface area contributed by atoms with E-state index < -0.39 is 0 Å². The van der Waals surface area contributed by atoms with Gasteiger partial charge in [0.05, 0.1) is 12.2 Å². The van der Waals surface area contributed by atoms with E-state index in [0.717, 1.165) is 29.2 Å². The summed E-state index contributed by atoms with van der Waals surface area (Å²) in [6.07, 6.45) is 7.10. The van der Waals surface area contributed by atoms with Crippen LogP contribution in [0, 0.1) is 23.7 Å². The van der Waals surface area contributed by atoms with Gasteiger partial charge >= 0.3 is 5.76 Å². The smallest absolute Gasteiger partial charge is 0.408 e. The Labute approximate surface area is 136 Å². The van der Waals surface area contributed by atoms with Crippen LogP contribution in [0.1, 0.15) is 32.1 Å². The molecule has 23 heavy (non-hydrogen) atoms. The molecule has 1 aromatic heterocycles. The van der Waals surface area contributed by atoms with Crippen LogP contribution in [0.2, 0.25) is 0 Å². The van der Waals surface area contributed by atoms with Crippen molar-refractivity contribution in [2.24, 2.45) is 23.7 Å². The van der Waals surface area contributed by atoms with Crippen LogP contribution in [0.25, 0.3) is 11.1 Å². The van der Waals surface area contributed by atoms with Gasteiger partial charge < -0.3 is 4.42 Å². The lowest BCUT2D eigenvalue weighted by molar-refractivity contribution is -0.0658. The summed E-state index contributed by atoms with van der Waals surface area (Å²) >= 11 is 0. The first-order valence-corrected chi connectivity index (χ1v) is 8.97. The second-order valence-electron chi connectivity index (χ2n) is 8.08. The molecule has 6 rings (SSSR count). The summed E-state index contributed by atoms with van der Waals surface area (Å²) in [5.41, 5.74) is 1.60. The highest BCUT2D eigenvalue weighted by Gasteiger charge is 2.49. The maximum Gasteiger partial charge on any atom is 0.421 e. The summed E-state index contributed by atoms with van der Waals surface area (Å²) in [4.78, 5) is 14.7. The van der Waals surface area contributed by atoms with Gasteiger partial charge in [-0.25, -0.2) is 4.79 Å². The lowest BCUT2D eigenvalue weighted by Gasteiger charge is -2.56. The van der Waals surface area contributed by atoms with E-state index in [4.69, 9.17) is 4.42 Å². The molecule has 122 valence electrons. The third-order valence-electron chi connectivity index (χ3n) is 6.62. The molecule has 0 spiro atoms. The van der Waals surface area contributed by atoms with Gasteiger partial charge in [-0.3, -0.25) is 9.47 Å². The van der Waals surface area contributed by atoms with Gasteiger partial charge in [0.2, 0.25) is 0 Å². The van der Waals surface area contributed by atoms with Crippen molar-refractivity contribution in [3.05, 3.63) is 34.8 Å². The van der Waals surface area contributed by atoms with Crippen LogP contribution >= 0.6 is 0 Å². The first-order chi connectivity index (χ1) is 11.2. The third kappa shape index (κ3) is 2.11. The minimum Gasteiger partial charge on any atom is -0.408 e. The van der Waals surface area contributed by atoms with Gasteiger partial charge in [-0.05, 0) is 75.0 Å². The molecule has 4 saturated carbocycles. The van der Waals surface area contributed by atoms with Crippen molar-refractivity contribution in [1.82, 2.24) is 9.47 Å². The van der Waals surface area contributed by atoms with Crippen molar-refractivity contribution in [1.29, 1.82) is 0 Å². The van der Waals surface area contributed by atoms with E-state index in [1.54, 1.807) is 4.57 Å². The molecule has 0 aliphatic heterocycles. The van der Waals surface area contributed by atoms with E-state index in [-0.39, 0.29) is 5.76 Å². The van der Waals surface area contributed by atoms with E-state index in [1.165, 1.54) is 32.1 Å². The zero-order valence-electron chi connectivity index (χ0n) is 13.6. The molecule has 0 radical (unpaired) electrons. The second kappa shape index (κ2) is 4.97. The molecule has 1 heterocycles. The van der Waals surface area contributed by atoms with Crippen molar-refractivity contribution in [2.75, 3.05) is 7.05 Å². The number of aromatic nitrogens is 1. The highest BCUT2D eigenvalue weighted by atomic mass is 16.4. The van der Waals surface area contributed by atoms with Crippen LogP contribution in [-0.2, 0) is 6.67 Å². The van der Waals surface area contributed by atoms with E-state index >= 15 is 0 Å². The number of para-hydroxylation sites is 2. The van der Waals surface area contributed by atoms with Crippen LogP contribution in [0.4, 0.5) is 0 Å². The van der Waals surface area contributed by atoms with Gasteiger partial charge in [0.25, 0.3) is 0 Å². The molecule has 0 unspecified atom stereocenters. The molecular formula is C19H24N2O2. The standard InChI is InChI=1S/C19H24N2O2/c1-20(11-21-16-4-2-3-5-17(16)23-19(21)22)18-14-7-12-6-13(9-14)10-15(18)8-12/h2-5,12-15,18H,6-11H2,1H3. The topological polar surface area (TPSA) is 38.4 Å². The number of nitrogens with zero attached hydrogens (tertiary/aromatic N) is 2. The fourth-order valence-corrected chi connectivity index (χ4v) is 6.08. The molecule has 4 heteroatoms. The van der Waals surface area contributed by atoms with Crippen LogP contribution in [-0.4, -0.2) is 22.6 Å². The molecule has 4 nitrogen and oxygen atoms in total. The lowest BCUT2D eigenvalue weighted by atomic mass is 9.54. The Kier molecular flexibility index (Phi) is 2.99. The quantitative estimate of drug-likeness (QED) is 0.873. The van der Waals surface area contributed by atoms with Gasteiger partial charge in [0.1, 0.15) is 0 Å².